The molecule has 0 aromatic heterocycles. The Morgan fingerprint density at radius 3 is 2.67 bits per heavy atom. The second-order valence-corrected chi connectivity index (χ2v) is 7.93. The summed E-state index contributed by atoms with van der Waals surface area (Å²) in [5.74, 6) is -0.873. The van der Waals surface area contributed by atoms with Crippen LogP contribution in [0.2, 0.25) is 0 Å². The highest BCUT2D eigenvalue weighted by molar-refractivity contribution is 7.91. The van der Waals surface area contributed by atoms with Crippen LogP contribution in [0.15, 0.2) is 24.3 Å². The lowest BCUT2D eigenvalue weighted by molar-refractivity contribution is -0.119. The van der Waals surface area contributed by atoms with Crippen molar-refractivity contribution in [3.8, 4) is 0 Å². The number of rotatable bonds is 5. The molecule has 5 nitrogen and oxygen atoms in total. The third kappa shape index (κ3) is 5.13. The van der Waals surface area contributed by atoms with Gasteiger partial charge in [-0.3, -0.25) is 9.69 Å². The number of fused-ring (bicyclic) bond motifs is 1. The Bertz CT molecular complexity index is 613. The Labute approximate surface area is 126 Å². The Hall–Kier alpha value is -1.40. The molecular formula is C15H22N2O3S. The van der Waals surface area contributed by atoms with Crippen molar-refractivity contribution < 1.29 is 13.2 Å². The molecule has 1 unspecified atom stereocenters. The zero-order valence-electron chi connectivity index (χ0n) is 12.5. The number of hydrogen-bond acceptors (Lipinski definition) is 4. The average Bonchev–Trinajstić information content (AvgIpc) is 2.35. The van der Waals surface area contributed by atoms with Gasteiger partial charge in [0, 0.05) is 31.9 Å². The molecular weight excluding hydrogens is 288 g/mol. The van der Waals surface area contributed by atoms with Gasteiger partial charge in [0.2, 0.25) is 5.91 Å². The van der Waals surface area contributed by atoms with E-state index in [1.54, 1.807) is 0 Å². The highest BCUT2D eigenvalue weighted by Crippen LogP contribution is 2.18. The molecule has 21 heavy (non-hydrogen) atoms. The molecule has 116 valence electrons. The SMILES string of the molecule is CC(CN1CCc2ccccc2C1)NC(=O)CS(C)(=O)=O. The molecule has 0 bridgehead atoms. The van der Waals surface area contributed by atoms with Crippen LogP contribution >= 0.6 is 0 Å². The molecule has 2 rings (SSSR count). The highest BCUT2D eigenvalue weighted by atomic mass is 32.2. The summed E-state index contributed by atoms with van der Waals surface area (Å²) in [6.07, 6.45) is 2.08. The zero-order chi connectivity index (χ0) is 15.5. The summed E-state index contributed by atoms with van der Waals surface area (Å²) >= 11 is 0. The first-order chi connectivity index (χ1) is 9.83. The lowest BCUT2D eigenvalue weighted by Gasteiger charge is -2.31. The zero-order valence-corrected chi connectivity index (χ0v) is 13.3. The lowest BCUT2D eigenvalue weighted by atomic mass is 10.00. The highest BCUT2D eigenvalue weighted by Gasteiger charge is 2.19. The van der Waals surface area contributed by atoms with Crippen LogP contribution in [-0.2, 0) is 27.6 Å². The van der Waals surface area contributed by atoms with Gasteiger partial charge in [0.05, 0.1) is 0 Å². The van der Waals surface area contributed by atoms with Gasteiger partial charge in [0.15, 0.2) is 9.84 Å². The Morgan fingerprint density at radius 2 is 2.00 bits per heavy atom. The summed E-state index contributed by atoms with van der Waals surface area (Å²) < 4.78 is 22.2. The fourth-order valence-electron chi connectivity index (χ4n) is 2.70. The number of carbonyl (C=O) groups excluding carboxylic acids is 1. The molecule has 1 amide bonds. The van der Waals surface area contributed by atoms with Gasteiger partial charge >= 0.3 is 0 Å². The van der Waals surface area contributed by atoms with Crippen LogP contribution in [0.25, 0.3) is 0 Å². The number of hydrogen-bond donors (Lipinski definition) is 1. The maximum atomic E-state index is 11.6. The van der Waals surface area contributed by atoms with Crippen LogP contribution in [0.3, 0.4) is 0 Å². The number of nitrogens with zero attached hydrogens (tertiary/aromatic N) is 1. The summed E-state index contributed by atoms with van der Waals surface area (Å²) in [7, 11) is -3.27. The Morgan fingerprint density at radius 1 is 1.33 bits per heavy atom. The van der Waals surface area contributed by atoms with Crippen LogP contribution < -0.4 is 5.32 Å². The number of nitrogens with one attached hydrogen (secondary N) is 1. The van der Waals surface area contributed by atoms with Gasteiger partial charge in [0.1, 0.15) is 5.75 Å². The van der Waals surface area contributed by atoms with E-state index in [0.29, 0.717) is 0 Å². The largest absolute Gasteiger partial charge is 0.351 e. The van der Waals surface area contributed by atoms with E-state index in [1.165, 1.54) is 11.1 Å². The van der Waals surface area contributed by atoms with Crippen molar-refractivity contribution >= 4 is 15.7 Å². The number of benzene rings is 1. The third-order valence-electron chi connectivity index (χ3n) is 3.54. The van der Waals surface area contributed by atoms with Crippen LogP contribution in [0.1, 0.15) is 18.1 Å². The Kier molecular flexibility index (Phi) is 5.00. The standard InChI is InChI=1S/C15H22N2O3S/c1-12(16-15(18)11-21(2,19)20)9-17-8-7-13-5-3-4-6-14(13)10-17/h3-6,12H,7-11H2,1-2H3,(H,16,18). The molecule has 1 N–H and O–H groups in total. The number of carbonyl (C=O) groups is 1. The second kappa shape index (κ2) is 6.58. The maximum Gasteiger partial charge on any atom is 0.235 e. The van der Waals surface area contributed by atoms with E-state index in [1.807, 2.05) is 13.0 Å². The molecule has 1 aromatic carbocycles. The minimum Gasteiger partial charge on any atom is -0.351 e. The average molecular weight is 310 g/mol. The van der Waals surface area contributed by atoms with Crippen LogP contribution in [0.4, 0.5) is 0 Å². The molecule has 0 fully saturated rings. The molecule has 0 saturated heterocycles. The number of sulfone groups is 1. The molecule has 1 atom stereocenters. The van der Waals surface area contributed by atoms with Crippen molar-refractivity contribution in [3.05, 3.63) is 35.4 Å². The van der Waals surface area contributed by atoms with Crippen molar-refractivity contribution in [1.29, 1.82) is 0 Å². The van der Waals surface area contributed by atoms with Crippen molar-refractivity contribution in [2.75, 3.05) is 25.1 Å². The van der Waals surface area contributed by atoms with E-state index in [4.69, 9.17) is 0 Å². The molecule has 0 spiro atoms. The monoisotopic (exact) mass is 310 g/mol. The van der Waals surface area contributed by atoms with Gasteiger partial charge in [-0.15, -0.1) is 0 Å². The predicted molar refractivity (Wildman–Crippen MR) is 82.7 cm³/mol. The van der Waals surface area contributed by atoms with E-state index in [-0.39, 0.29) is 6.04 Å². The summed E-state index contributed by atoms with van der Waals surface area (Å²) in [6, 6.07) is 8.32. The predicted octanol–water partition coefficient (Wildman–Crippen LogP) is 0.594. The van der Waals surface area contributed by atoms with Crippen LogP contribution in [0.5, 0.6) is 0 Å². The van der Waals surface area contributed by atoms with Gasteiger partial charge in [-0.25, -0.2) is 8.42 Å². The first-order valence-corrected chi connectivity index (χ1v) is 9.16. The molecule has 0 aliphatic carbocycles. The Balaban J connectivity index is 1.84. The topological polar surface area (TPSA) is 66.5 Å². The minimum atomic E-state index is -3.27. The van der Waals surface area contributed by atoms with Gasteiger partial charge in [-0.1, -0.05) is 24.3 Å². The van der Waals surface area contributed by atoms with E-state index in [9.17, 15) is 13.2 Å². The molecule has 0 saturated carbocycles. The van der Waals surface area contributed by atoms with Crippen molar-refractivity contribution in [3.63, 3.8) is 0 Å². The smallest absolute Gasteiger partial charge is 0.235 e. The fourth-order valence-corrected chi connectivity index (χ4v) is 3.26. The van der Waals surface area contributed by atoms with Gasteiger partial charge in [-0.05, 0) is 24.5 Å². The van der Waals surface area contributed by atoms with Crippen LogP contribution in [-0.4, -0.2) is 50.4 Å². The molecule has 1 aliphatic heterocycles. The lowest BCUT2D eigenvalue weighted by Crippen LogP contribution is -2.45. The fraction of sp³-hybridized carbons (Fsp3) is 0.533. The van der Waals surface area contributed by atoms with Crippen molar-refractivity contribution in [2.45, 2.75) is 25.9 Å². The van der Waals surface area contributed by atoms with E-state index < -0.39 is 21.5 Å². The molecule has 1 aromatic rings. The number of amides is 1. The maximum absolute atomic E-state index is 11.6. The second-order valence-electron chi connectivity index (χ2n) is 5.79. The third-order valence-corrected chi connectivity index (χ3v) is 4.33. The van der Waals surface area contributed by atoms with Gasteiger partial charge in [0.25, 0.3) is 0 Å². The van der Waals surface area contributed by atoms with Crippen LogP contribution in [0, 0.1) is 0 Å². The molecule has 0 radical (unpaired) electrons. The molecule has 1 heterocycles. The van der Waals surface area contributed by atoms with Gasteiger partial charge in [-0.2, -0.15) is 0 Å². The van der Waals surface area contributed by atoms with E-state index in [2.05, 4.69) is 28.4 Å². The molecule has 6 heteroatoms. The van der Waals surface area contributed by atoms with E-state index >= 15 is 0 Å². The normalized spacial score (nSPS) is 17.0. The quantitative estimate of drug-likeness (QED) is 0.864. The van der Waals surface area contributed by atoms with Crippen molar-refractivity contribution in [1.82, 2.24) is 10.2 Å². The summed E-state index contributed by atoms with van der Waals surface area (Å²) in [4.78, 5) is 13.9. The van der Waals surface area contributed by atoms with E-state index in [0.717, 1.165) is 32.3 Å². The molecule has 1 aliphatic rings. The first-order valence-electron chi connectivity index (χ1n) is 7.10. The first kappa shape index (κ1) is 16.0. The summed E-state index contributed by atoms with van der Waals surface area (Å²) in [5, 5.41) is 2.75. The summed E-state index contributed by atoms with van der Waals surface area (Å²) in [6.45, 7) is 4.47. The summed E-state index contributed by atoms with van der Waals surface area (Å²) in [5.41, 5.74) is 2.72. The van der Waals surface area contributed by atoms with Crippen molar-refractivity contribution in [2.24, 2.45) is 0 Å². The minimum absolute atomic E-state index is 0.0653. The van der Waals surface area contributed by atoms with Gasteiger partial charge < -0.3 is 5.32 Å².